The molecule has 0 aromatic carbocycles. The summed E-state index contributed by atoms with van der Waals surface area (Å²) in [6.07, 6.45) is 0.625. The van der Waals surface area contributed by atoms with Gasteiger partial charge >= 0.3 is 0 Å². The molecule has 2 N–H and O–H groups in total. The van der Waals surface area contributed by atoms with Gasteiger partial charge in [0.25, 0.3) is 0 Å². The third-order valence-electron chi connectivity index (χ3n) is 2.51. The van der Waals surface area contributed by atoms with E-state index in [0.717, 1.165) is 0 Å². The quantitative estimate of drug-likeness (QED) is 0.889. The van der Waals surface area contributed by atoms with Crippen LogP contribution in [0.2, 0.25) is 10.3 Å². The Hall–Kier alpha value is -0.580. The molecule has 1 heterocycles. The van der Waals surface area contributed by atoms with Crippen molar-refractivity contribution in [1.29, 1.82) is 0 Å². The Morgan fingerprint density at radius 2 is 2.00 bits per heavy atom. The van der Waals surface area contributed by atoms with E-state index >= 15 is 0 Å². The van der Waals surface area contributed by atoms with Gasteiger partial charge in [0.05, 0.1) is 5.69 Å². The molecule has 96 valence electrons. The van der Waals surface area contributed by atoms with Crippen molar-refractivity contribution in [3.05, 3.63) is 16.4 Å². The summed E-state index contributed by atoms with van der Waals surface area (Å²) < 4.78 is 0. The van der Waals surface area contributed by atoms with Crippen molar-refractivity contribution in [2.24, 2.45) is 5.41 Å². The van der Waals surface area contributed by atoms with Crippen LogP contribution < -0.4 is 5.32 Å². The number of nitrogens with zero attached hydrogens (tertiary/aromatic N) is 2. The smallest absolute Gasteiger partial charge is 0.174 e. The molecule has 1 rings (SSSR count). The van der Waals surface area contributed by atoms with Crippen LogP contribution in [0.3, 0.4) is 0 Å². The highest BCUT2D eigenvalue weighted by Crippen LogP contribution is 2.28. The van der Waals surface area contributed by atoms with Gasteiger partial charge in [-0.25, -0.2) is 0 Å². The van der Waals surface area contributed by atoms with E-state index in [-0.39, 0.29) is 28.4 Å². The SMILES string of the molecule is CC(C)(C)C(CCO)Nc1cc(Cl)nnc1Cl. The van der Waals surface area contributed by atoms with Crippen LogP contribution in [0.5, 0.6) is 0 Å². The first-order valence-corrected chi connectivity index (χ1v) is 6.16. The monoisotopic (exact) mass is 277 g/mol. The normalized spacial score (nSPS) is 13.5. The number of aromatic nitrogens is 2. The lowest BCUT2D eigenvalue weighted by atomic mass is 9.85. The largest absolute Gasteiger partial charge is 0.396 e. The molecule has 1 unspecified atom stereocenters. The van der Waals surface area contributed by atoms with E-state index in [1.165, 1.54) is 0 Å². The van der Waals surface area contributed by atoms with Crippen molar-refractivity contribution in [1.82, 2.24) is 10.2 Å². The predicted molar refractivity (Wildman–Crippen MR) is 70.6 cm³/mol. The van der Waals surface area contributed by atoms with Gasteiger partial charge in [-0.1, -0.05) is 44.0 Å². The summed E-state index contributed by atoms with van der Waals surface area (Å²) in [4.78, 5) is 0. The molecule has 0 aliphatic rings. The molecular formula is C11H17Cl2N3O. The molecular weight excluding hydrogens is 261 g/mol. The van der Waals surface area contributed by atoms with E-state index in [0.29, 0.717) is 12.1 Å². The highest BCUT2D eigenvalue weighted by Gasteiger charge is 2.24. The Morgan fingerprint density at radius 1 is 1.35 bits per heavy atom. The fourth-order valence-corrected chi connectivity index (χ4v) is 1.79. The van der Waals surface area contributed by atoms with Gasteiger partial charge < -0.3 is 10.4 Å². The summed E-state index contributed by atoms with van der Waals surface area (Å²) >= 11 is 11.7. The van der Waals surface area contributed by atoms with Crippen molar-refractivity contribution in [3.8, 4) is 0 Å². The van der Waals surface area contributed by atoms with Crippen molar-refractivity contribution in [2.75, 3.05) is 11.9 Å². The molecule has 0 bridgehead atoms. The van der Waals surface area contributed by atoms with Crippen LogP contribution in [0, 0.1) is 5.41 Å². The summed E-state index contributed by atoms with van der Waals surface area (Å²) in [5.41, 5.74) is 0.627. The van der Waals surface area contributed by atoms with Gasteiger partial charge in [-0.05, 0) is 11.8 Å². The molecule has 1 aromatic rings. The summed E-state index contributed by atoms with van der Waals surface area (Å²) in [6, 6.07) is 1.71. The van der Waals surface area contributed by atoms with Gasteiger partial charge in [-0.15, -0.1) is 10.2 Å². The van der Waals surface area contributed by atoms with Crippen LogP contribution in [-0.2, 0) is 0 Å². The summed E-state index contributed by atoms with van der Waals surface area (Å²) in [6.45, 7) is 6.37. The molecule has 0 amide bonds. The fourth-order valence-electron chi connectivity index (χ4n) is 1.49. The van der Waals surface area contributed by atoms with Gasteiger partial charge in [0, 0.05) is 18.7 Å². The number of anilines is 1. The van der Waals surface area contributed by atoms with Crippen LogP contribution in [0.15, 0.2) is 6.07 Å². The Morgan fingerprint density at radius 3 is 2.53 bits per heavy atom. The molecule has 17 heavy (non-hydrogen) atoms. The Balaban J connectivity index is 2.89. The predicted octanol–water partition coefficient (Wildman–Crippen LogP) is 2.99. The number of hydrogen-bond acceptors (Lipinski definition) is 4. The van der Waals surface area contributed by atoms with Crippen LogP contribution in [0.1, 0.15) is 27.2 Å². The first-order chi connectivity index (χ1) is 7.84. The third-order valence-corrected chi connectivity index (χ3v) is 2.98. The maximum Gasteiger partial charge on any atom is 0.174 e. The summed E-state index contributed by atoms with van der Waals surface area (Å²) in [7, 11) is 0. The number of aliphatic hydroxyl groups is 1. The first-order valence-electron chi connectivity index (χ1n) is 5.40. The van der Waals surface area contributed by atoms with E-state index < -0.39 is 0 Å². The molecule has 0 saturated carbocycles. The summed E-state index contributed by atoms with van der Waals surface area (Å²) in [5, 5.41) is 20.3. The zero-order chi connectivity index (χ0) is 13.1. The van der Waals surface area contributed by atoms with Crippen molar-refractivity contribution >= 4 is 28.9 Å². The maximum absolute atomic E-state index is 9.07. The van der Waals surface area contributed by atoms with E-state index in [9.17, 15) is 0 Å². The van der Waals surface area contributed by atoms with Crippen LogP contribution in [-0.4, -0.2) is 28.0 Å². The lowest BCUT2D eigenvalue weighted by Crippen LogP contribution is -2.35. The average Bonchev–Trinajstić information content (AvgIpc) is 2.21. The number of aliphatic hydroxyl groups excluding tert-OH is 1. The highest BCUT2D eigenvalue weighted by atomic mass is 35.5. The van der Waals surface area contributed by atoms with Gasteiger partial charge in [0.2, 0.25) is 0 Å². The van der Waals surface area contributed by atoms with Gasteiger partial charge in [-0.2, -0.15) is 0 Å². The molecule has 0 spiro atoms. The van der Waals surface area contributed by atoms with E-state index in [4.69, 9.17) is 28.3 Å². The highest BCUT2D eigenvalue weighted by molar-refractivity contribution is 6.33. The average molecular weight is 278 g/mol. The standard InChI is InChI=1S/C11H17Cl2N3O/c1-11(2,3)8(4-5-17)14-7-6-9(12)15-16-10(7)13/h6,8,17H,4-5H2,1-3H3,(H,14,15). The van der Waals surface area contributed by atoms with Crippen molar-refractivity contribution in [3.63, 3.8) is 0 Å². The third kappa shape index (κ3) is 4.30. The van der Waals surface area contributed by atoms with Crippen LogP contribution >= 0.6 is 23.2 Å². The van der Waals surface area contributed by atoms with Gasteiger partial charge in [0.15, 0.2) is 10.3 Å². The van der Waals surface area contributed by atoms with E-state index in [2.05, 4.69) is 36.3 Å². The Bertz CT molecular complexity index is 379. The van der Waals surface area contributed by atoms with E-state index in [1.54, 1.807) is 6.07 Å². The number of hydrogen-bond donors (Lipinski definition) is 2. The topological polar surface area (TPSA) is 58.0 Å². The molecule has 4 nitrogen and oxygen atoms in total. The zero-order valence-corrected chi connectivity index (χ0v) is 11.7. The summed E-state index contributed by atoms with van der Waals surface area (Å²) in [5.74, 6) is 0. The molecule has 0 saturated heterocycles. The second-order valence-corrected chi connectivity index (χ2v) is 5.69. The number of nitrogens with one attached hydrogen (secondary N) is 1. The minimum Gasteiger partial charge on any atom is -0.396 e. The molecule has 0 fully saturated rings. The van der Waals surface area contributed by atoms with E-state index in [1.807, 2.05) is 0 Å². The molecule has 0 aliphatic carbocycles. The minimum absolute atomic E-state index is 0.0121. The lowest BCUT2D eigenvalue weighted by Gasteiger charge is -2.32. The maximum atomic E-state index is 9.07. The van der Waals surface area contributed by atoms with Crippen LogP contribution in [0.4, 0.5) is 5.69 Å². The Labute approximate surface area is 111 Å². The second-order valence-electron chi connectivity index (χ2n) is 4.95. The fraction of sp³-hybridized carbons (Fsp3) is 0.636. The first kappa shape index (κ1) is 14.5. The molecule has 0 aliphatic heterocycles. The van der Waals surface area contributed by atoms with Crippen molar-refractivity contribution < 1.29 is 5.11 Å². The van der Waals surface area contributed by atoms with Gasteiger partial charge in [-0.3, -0.25) is 0 Å². The lowest BCUT2D eigenvalue weighted by molar-refractivity contribution is 0.235. The molecule has 0 radical (unpaired) electrons. The number of rotatable bonds is 4. The minimum atomic E-state index is -0.0121. The zero-order valence-electron chi connectivity index (χ0n) is 10.2. The van der Waals surface area contributed by atoms with Gasteiger partial charge in [0.1, 0.15) is 0 Å². The molecule has 6 heteroatoms. The number of halogens is 2. The van der Waals surface area contributed by atoms with Crippen molar-refractivity contribution in [2.45, 2.75) is 33.2 Å². The molecule has 1 atom stereocenters. The Kier molecular flexibility index (Phi) is 4.98. The second kappa shape index (κ2) is 5.85. The van der Waals surface area contributed by atoms with Crippen LogP contribution in [0.25, 0.3) is 0 Å². The molecule has 1 aromatic heterocycles.